The minimum Gasteiger partial charge on any atom is -0.398 e. The molecule has 0 radical (unpaired) electrons. The molecule has 0 spiro atoms. The summed E-state index contributed by atoms with van der Waals surface area (Å²) in [6, 6.07) is 3.89. The van der Waals surface area contributed by atoms with Gasteiger partial charge < -0.3 is 11.1 Å². The third-order valence-electron chi connectivity index (χ3n) is 2.44. The van der Waals surface area contributed by atoms with Crippen LogP contribution in [0.15, 0.2) is 22.9 Å². The smallest absolute Gasteiger partial charge is 0.169 e. The molecule has 3 N–H and O–H groups in total. The molecule has 0 amide bonds. The maximum absolute atomic E-state index is 5.81. The van der Waals surface area contributed by atoms with Crippen LogP contribution in [0.3, 0.4) is 0 Å². The number of rotatable bonds is 3. The predicted molar refractivity (Wildman–Crippen MR) is 71.6 cm³/mol. The van der Waals surface area contributed by atoms with Crippen LogP contribution in [0.2, 0.25) is 0 Å². The molecule has 0 bridgehead atoms. The largest absolute Gasteiger partial charge is 0.398 e. The van der Waals surface area contributed by atoms with Crippen LogP contribution in [-0.2, 0) is 13.6 Å². The fourth-order valence-electron chi connectivity index (χ4n) is 1.47. The van der Waals surface area contributed by atoms with E-state index in [0.717, 1.165) is 27.2 Å². The molecule has 0 saturated heterocycles. The highest BCUT2D eigenvalue weighted by Gasteiger charge is 2.04. The zero-order valence-electron chi connectivity index (χ0n) is 9.74. The Morgan fingerprint density at radius 1 is 1.47 bits per heavy atom. The van der Waals surface area contributed by atoms with E-state index >= 15 is 0 Å². The van der Waals surface area contributed by atoms with E-state index in [0.29, 0.717) is 6.54 Å². The van der Waals surface area contributed by atoms with Crippen LogP contribution in [0.1, 0.15) is 11.4 Å². The Bertz CT molecular complexity index is 535. The van der Waals surface area contributed by atoms with E-state index in [1.54, 1.807) is 11.0 Å². The van der Waals surface area contributed by atoms with E-state index in [-0.39, 0.29) is 0 Å². The highest BCUT2D eigenvalue weighted by atomic mass is 79.9. The van der Waals surface area contributed by atoms with Gasteiger partial charge in [0, 0.05) is 22.9 Å². The number of nitrogens with two attached hydrogens (primary N) is 1. The van der Waals surface area contributed by atoms with Gasteiger partial charge in [-0.3, -0.25) is 4.68 Å². The standard InChI is InChI=1S/C11H14BrN5/c1-7-3-10(8(12)4-9(7)13)14-5-11-15-6-17(2)16-11/h3-4,6,14H,5,13H2,1-2H3. The van der Waals surface area contributed by atoms with Crippen molar-refractivity contribution in [2.45, 2.75) is 13.5 Å². The zero-order chi connectivity index (χ0) is 12.4. The molecule has 1 aromatic carbocycles. The van der Waals surface area contributed by atoms with Gasteiger partial charge in [0.15, 0.2) is 5.82 Å². The minimum absolute atomic E-state index is 0.586. The highest BCUT2D eigenvalue weighted by molar-refractivity contribution is 9.10. The van der Waals surface area contributed by atoms with E-state index < -0.39 is 0 Å². The molecule has 5 nitrogen and oxygen atoms in total. The van der Waals surface area contributed by atoms with Crippen molar-refractivity contribution in [3.8, 4) is 0 Å². The average Bonchev–Trinajstić information content (AvgIpc) is 2.68. The zero-order valence-corrected chi connectivity index (χ0v) is 11.3. The first kappa shape index (κ1) is 11.9. The van der Waals surface area contributed by atoms with Gasteiger partial charge in [0.25, 0.3) is 0 Å². The van der Waals surface area contributed by atoms with Crippen molar-refractivity contribution in [3.05, 3.63) is 34.3 Å². The molecule has 90 valence electrons. The second-order valence-corrected chi connectivity index (χ2v) is 4.73. The number of benzene rings is 1. The number of nitrogen functional groups attached to an aromatic ring is 1. The molecular weight excluding hydrogens is 282 g/mol. The Kier molecular flexibility index (Phi) is 3.33. The van der Waals surface area contributed by atoms with Gasteiger partial charge in [-0.1, -0.05) is 0 Å². The first-order valence-corrected chi connectivity index (χ1v) is 5.99. The summed E-state index contributed by atoms with van der Waals surface area (Å²) in [5.74, 6) is 0.758. The second-order valence-electron chi connectivity index (χ2n) is 3.88. The van der Waals surface area contributed by atoms with Gasteiger partial charge in [0.05, 0.1) is 6.54 Å². The summed E-state index contributed by atoms with van der Waals surface area (Å²) in [6.45, 7) is 2.56. The number of nitrogens with zero attached hydrogens (tertiary/aromatic N) is 3. The molecule has 0 fully saturated rings. The van der Waals surface area contributed by atoms with E-state index in [2.05, 4.69) is 31.3 Å². The Hall–Kier alpha value is -1.56. The van der Waals surface area contributed by atoms with E-state index in [9.17, 15) is 0 Å². The van der Waals surface area contributed by atoms with Gasteiger partial charge in [0.1, 0.15) is 6.33 Å². The fraction of sp³-hybridized carbons (Fsp3) is 0.273. The maximum Gasteiger partial charge on any atom is 0.169 e. The van der Waals surface area contributed by atoms with Crippen LogP contribution in [0.5, 0.6) is 0 Å². The number of hydrogen-bond acceptors (Lipinski definition) is 4. The fourth-order valence-corrected chi connectivity index (χ4v) is 1.97. The SMILES string of the molecule is Cc1cc(NCc2ncn(C)n2)c(Br)cc1N. The summed E-state index contributed by atoms with van der Waals surface area (Å²) >= 11 is 3.47. The molecule has 1 heterocycles. The van der Waals surface area contributed by atoms with E-state index in [1.165, 1.54) is 0 Å². The lowest BCUT2D eigenvalue weighted by Crippen LogP contribution is -2.03. The topological polar surface area (TPSA) is 68.8 Å². The van der Waals surface area contributed by atoms with Crippen molar-refractivity contribution in [3.63, 3.8) is 0 Å². The molecule has 0 aliphatic rings. The average molecular weight is 296 g/mol. The monoisotopic (exact) mass is 295 g/mol. The van der Waals surface area contributed by atoms with Gasteiger partial charge in [0.2, 0.25) is 0 Å². The van der Waals surface area contributed by atoms with Gasteiger partial charge in [-0.05, 0) is 40.5 Å². The molecule has 0 unspecified atom stereocenters. The number of anilines is 2. The van der Waals surface area contributed by atoms with E-state index in [4.69, 9.17) is 5.73 Å². The predicted octanol–water partition coefficient (Wildman–Crippen LogP) is 2.08. The van der Waals surface area contributed by atoms with Crippen LogP contribution >= 0.6 is 15.9 Å². The molecule has 0 aliphatic heterocycles. The molecule has 17 heavy (non-hydrogen) atoms. The van der Waals surface area contributed by atoms with Crippen molar-refractivity contribution in [2.24, 2.45) is 7.05 Å². The number of aromatic nitrogens is 3. The summed E-state index contributed by atoms with van der Waals surface area (Å²) < 4.78 is 2.62. The first-order chi connectivity index (χ1) is 8.06. The normalized spacial score (nSPS) is 10.5. The molecule has 0 atom stereocenters. The van der Waals surface area contributed by atoms with Crippen LogP contribution < -0.4 is 11.1 Å². The Balaban J connectivity index is 2.11. The third kappa shape index (κ3) is 2.76. The molecule has 1 aromatic heterocycles. The summed E-state index contributed by atoms with van der Waals surface area (Å²) in [7, 11) is 1.85. The van der Waals surface area contributed by atoms with Crippen molar-refractivity contribution in [2.75, 3.05) is 11.1 Å². The van der Waals surface area contributed by atoms with Crippen LogP contribution in [0.25, 0.3) is 0 Å². The Morgan fingerprint density at radius 2 is 2.24 bits per heavy atom. The number of hydrogen-bond donors (Lipinski definition) is 2. The summed E-state index contributed by atoms with van der Waals surface area (Å²) in [5.41, 5.74) is 8.63. The summed E-state index contributed by atoms with van der Waals surface area (Å²) in [4.78, 5) is 4.15. The minimum atomic E-state index is 0.586. The van der Waals surface area contributed by atoms with Gasteiger partial charge in [-0.2, -0.15) is 5.10 Å². The van der Waals surface area contributed by atoms with Crippen molar-refractivity contribution in [1.82, 2.24) is 14.8 Å². The second kappa shape index (κ2) is 4.75. The molecule has 2 rings (SSSR count). The number of nitrogens with one attached hydrogen (secondary N) is 1. The quantitative estimate of drug-likeness (QED) is 0.851. The first-order valence-electron chi connectivity index (χ1n) is 5.20. The molecule has 6 heteroatoms. The highest BCUT2D eigenvalue weighted by Crippen LogP contribution is 2.27. The number of halogens is 1. The maximum atomic E-state index is 5.81. The van der Waals surface area contributed by atoms with Gasteiger partial charge in [-0.25, -0.2) is 4.98 Å². The van der Waals surface area contributed by atoms with Crippen molar-refractivity contribution >= 4 is 27.3 Å². The van der Waals surface area contributed by atoms with E-state index in [1.807, 2.05) is 26.1 Å². The lowest BCUT2D eigenvalue weighted by atomic mass is 10.2. The van der Waals surface area contributed by atoms with Crippen LogP contribution in [0.4, 0.5) is 11.4 Å². The third-order valence-corrected chi connectivity index (χ3v) is 3.10. The van der Waals surface area contributed by atoms with Crippen LogP contribution in [-0.4, -0.2) is 14.8 Å². The van der Waals surface area contributed by atoms with Crippen LogP contribution in [0, 0.1) is 6.92 Å². The lowest BCUT2D eigenvalue weighted by molar-refractivity contribution is 0.747. The Morgan fingerprint density at radius 3 is 2.88 bits per heavy atom. The Labute approximate surface area is 108 Å². The van der Waals surface area contributed by atoms with Crippen molar-refractivity contribution < 1.29 is 0 Å². The summed E-state index contributed by atoms with van der Waals surface area (Å²) in [5, 5.41) is 7.47. The van der Waals surface area contributed by atoms with Crippen molar-refractivity contribution in [1.29, 1.82) is 0 Å². The molecular formula is C11H14BrN5. The lowest BCUT2D eigenvalue weighted by Gasteiger charge is -2.09. The summed E-state index contributed by atoms with van der Waals surface area (Å²) in [6.07, 6.45) is 1.68. The van der Waals surface area contributed by atoms with Gasteiger partial charge in [-0.15, -0.1) is 0 Å². The van der Waals surface area contributed by atoms with Gasteiger partial charge >= 0.3 is 0 Å². The molecule has 2 aromatic rings. The number of aryl methyl sites for hydroxylation is 2. The molecule has 0 saturated carbocycles. The molecule has 0 aliphatic carbocycles.